The number of hydrogen-bond acceptors (Lipinski definition) is 3. The van der Waals surface area contributed by atoms with E-state index in [1.165, 1.54) is 0 Å². The number of carbonyl (C=O) groups is 1. The Morgan fingerprint density at radius 3 is 2.10 bits per heavy atom. The molecule has 0 radical (unpaired) electrons. The first-order chi connectivity index (χ1) is 9.75. The zero-order chi connectivity index (χ0) is 14.2. The zero-order valence-electron chi connectivity index (χ0n) is 12.0. The van der Waals surface area contributed by atoms with Gasteiger partial charge in [0.2, 0.25) is 0 Å². The molecule has 0 spiro atoms. The molecule has 1 N–H and O–H groups in total. The molecule has 2 aromatic rings. The molecule has 1 atom stereocenters. The van der Waals surface area contributed by atoms with E-state index in [1.807, 2.05) is 67.6 Å². The number of hydrogen-bond donors (Lipinski definition) is 1. The highest BCUT2D eigenvalue weighted by molar-refractivity contribution is 5.85. The summed E-state index contributed by atoms with van der Waals surface area (Å²) in [6.07, 6.45) is 0.687. The summed E-state index contributed by atoms with van der Waals surface area (Å²) < 4.78 is 0. The highest BCUT2D eigenvalue weighted by Crippen LogP contribution is 2.09. The third kappa shape index (κ3) is 5.98. The Kier molecular flexibility index (Phi) is 7.51. The fraction of sp³-hybridized carbons (Fsp3) is 0.235. The fourth-order valence-corrected chi connectivity index (χ4v) is 1.94. The van der Waals surface area contributed by atoms with Crippen molar-refractivity contribution in [3.05, 3.63) is 71.8 Å². The van der Waals surface area contributed by atoms with Gasteiger partial charge in [0.15, 0.2) is 0 Å². The molecule has 0 aromatic heterocycles. The summed E-state index contributed by atoms with van der Waals surface area (Å²) in [6, 6.07) is 19.8. The normalized spacial score (nSPS) is 11.3. The Morgan fingerprint density at radius 2 is 1.52 bits per heavy atom. The maximum atomic E-state index is 11.9. The zero-order valence-corrected chi connectivity index (χ0v) is 12.8. The highest BCUT2D eigenvalue weighted by Gasteiger charge is 2.15. The number of halogens is 1. The van der Waals surface area contributed by atoms with Crippen molar-refractivity contribution in [2.45, 2.75) is 19.9 Å². The lowest BCUT2D eigenvalue weighted by molar-refractivity contribution is -0.156. The van der Waals surface area contributed by atoms with E-state index in [-0.39, 0.29) is 24.3 Å². The molecule has 0 bridgehead atoms. The largest absolute Gasteiger partial charge is 0.370 e. The van der Waals surface area contributed by atoms with Crippen LogP contribution in [0.25, 0.3) is 0 Å². The first kappa shape index (κ1) is 17.2. The summed E-state index contributed by atoms with van der Waals surface area (Å²) in [5.74, 6) is -0.398. The van der Waals surface area contributed by atoms with Gasteiger partial charge in [-0.3, -0.25) is 4.79 Å². The van der Waals surface area contributed by atoms with Crippen LogP contribution in [0.5, 0.6) is 0 Å². The number of carbonyl (C=O) groups excluding carboxylic acids is 1. The molecule has 21 heavy (non-hydrogen) atoms. The van der Waals surface area contributed by atoms with Gasteiger partial charge in [-0.15, -0.1) is 17.9 Å². The number of benzene rings is 2. The van der Waals surface area contributed by atoms with E-state index in [2.05, 4.69) is 5.48 Å². The van der Waals surface area contributed by atoms with E-state index in [1.54, 1.807) is 0 Å². The summed E-state index contributed by atoms with van der Waals surface area (Å²) in [4.78, 5) is 16.9. The Hall–Kier alpha value is -1.84. The van der Waals surface area contributed by atoms with Gasteiger partial charge in [-0.05, 0) is 17.5 Å². The maximum absolute atomic E-state index is 11.9. The molecule has 3 nitrogen and oxygen atoms in total. The van der Waals surface area contributed by atoms with Gasteiger partial charge in [-0.1, -0.05) is 67.6 Å². The number of nitrogens with one attached hydrogen (secondary N) is 1. The number of hydroxylamine groups is 1. The van der Waals surface area contributed by atoms with E-state index in [9.17, 15) is 4.79 Å². The summed E-state index contributed by atoms with van der Waals surface area (Å²) in [6.45, 7) is 2.39. The first-order valence-corrected chi connectivity index (χ1v) is 6.77. The van der Waals surface area contributed by atoms with Crippen LogP contribution in [0.1, 0.15) is 18.1 Å². The van der Waals surface area contributed by atoms with Crippen LogP contribution in [0.3, 0.4) is 0 Å². The van der Waals surface area contributed by atoms with Crippen LogP contribution in [-0.4, -0.2) is 5.97 Å². The predicted octanol–water partition coefficient (Wildman–Crippen LogP) is 3.54. The maximum Gasteiger partial charge on any atom is 0.327 e. The van der Waals surface area contributed by atoms with Gasteiger partial charge in [0.05, 0.1) is 12.5 Å². The molecular weight excluding hydrogens is 286 g/mol. The topological polar surface area (TPSA) is 38.3 Å². The Bertz CT molecular complexity index is 531. The molecule has 1 unspecified atom stereocenters. The van der Waals surface area contributed by atoms with E-state index >= 15 is 0 Å². The Labute approximate surface area is 131 Å². The average molecular weight is 306 g/mol. The van der Waals surface area contributed by atoms with Crippen LogP contribution in [0.4, 0.5) is 0 Å². The second-order valence-corrected chi connectivity index (χ2v) is 4.82. The first-order valence-electron chi connectivity index (χ1n) is 6.77. The van der Waals surface area contributed by atoms with Crippen molar-refractivity contribution in [2.75, 3.05) is 0 Å². The van der Waals surface area contributed by atoms with Crippen LogP contribution in [0, 0.1) is 5.92 Å². The Morgan fingerprint density at radius 1 is 1.00 bits per heavy atom. The van der Waals surface area contributed by atoms with Gasteiger partial charge in [0, 0.05) is 0 Å². The molecule has 112 valence electrons. The van der Waals surface area contributed by atoms with E-state index in [4.69, 9.17) is 4.84 Å². The van der Waals surface area contributed by atoms with E-state index in [0.717, 1.165) is 11.1 Å². The van der Waals surface area contributed by atoms with Gasteiger partial charge < -0.3 is 4.84 Å². The minimum atomic E-state index is -0.232. The second kappa shape index (κ2) is 9.16. The summed E-state index contributed by atoms with van der Waals surface area (Å²) in [5, 5.41) is 0. The molecule has 0 saturated heterocycles. The van der Waals surface area contributed by atoms with Crippen molar-refractivity contribution < 1.29 is 9.63 Å². The third-order valence-electron chi connectivity index (χ3n) is 3.08. The molecule has 0 aliphatic carbocycles. The standard InChI is InChI=1S/C17H19NO2.ClH/c1-14(12-15-8-4-2-5-9-15)17(19)20-18-13-16-10-6-3-7-11-16;/h2-11,14,18H,12-13H2,1H3;1H. The quantitative estimate of drug-likeness (QED) is 0.830. The molecule has 0 aliphatic rings. The fourth-order valence-electron chi connectivity index (χ4n) is 1.94. The molecule has 4 heteroatoms. The van der Waals surface area contributed by atoms with Gasteiger partial charge >= 0.3 is 5.97 Å². The lowest BCUT2D eigenvalue weighted by Crippen LogP contribution is -2.25. The smallest absolute Gasteiger partial charge is 0.327 e. The average Bonchev–Trinajstić information content (AvgIpc) is 2.49. The van der Waals surface area contributed by atoms with Gasteiger partial charge in [0.1, 0.15) is 0 Å². The van der Waals surface area contributed by atoms with E-state index in [0.29, 0.717) is 13.0 Å². The molecule has 0 saturated carbocycles. The Balaban J connectivity index is 0.00000220. The minimum Gasteiger partial charge on any atom is -0.370 e. The molecule has 0 fully saturated rings. The highest BCUT2D eigenvalue weighted by atomic mass is 35.5. The van der Waals surface area contributed by atoms with Crippen molar-refractivity contribution in [1.82, 2.24) is 5.48 Å². The lowest BCUT2D eigenvalue weighted by atomic mass is 10.0. The molecule has 0 amide bonds. The second-order valence-electron chi connectivity index (χ2n) is 4.82. The van der Waals surface area contributed by atoms with Gasteiger partial charge in [0.25, 0.3) is 0 Å². The van der Waals surface area contributed by atoms with Crippen molar-refractivity contribution in [2.24, 2.45) is 5.92 Å². The van der Waals surface area contributed by atoms with Crippen LogP contribution in [0.2, 0.25) is 0 Å². The monoisotopic (exact) mass is 305 g/mol. The predicted molar refractivity (Wildman–Crippen MR) is 85.9 cm³/mol. The number of rotatable bonds is 6. The van der Waals surface area contributed by atoms with Crippen molar-refractivity contribution >= 4 is 18.4 Å². The van der Waals surface area contributed by atoms with Crippen molar-refractivity contribution in [1.29, 1.82) is 0 Å². The summed E-state index contributed by atoms with van der Waals surface area (Å²) >= 11 is 0. The SMILES string of the molecule is CC(Cc1ccccc1)C(=O)ONCc1ccccc1.Cl. The van der Waals surface area contributed by atoms with Crippen molar-refractivity contribution in [3.63, 3.8) is 0 Å². The molecule has 0 heterocycles. The van der Waals surface area contributed by atoms with Crippen molar-refractivity contribution in [3.8, 4) is 0 Å². The molecule has 2 aromatic carbocycles. The lowest BCUT2D eigenvalue weighted by Gasteiger charge is -2.11. The third-order valence-corrected chi connectivity index (χ3v) is 3.08. The van der Waals surface area contributed by atoms with Crippen LogP contribution >= 0.6 is 12.4 Å². The molecular formula is C17H20ClNO2. The molecule has 0 aliphatic heterocycles. The van der Waals surface area contributed by atoms with Gasteiger partial charge in [-0.25, -0.2) is 0 Å². The van der Waals surface area contributed by atoms with E-state index < -0.39 is 0 Å². The van der Waals surface area contributed by atoms with Crippen LogP contribution in [-0.2, 0) is 22.6 Å². The summed E-state index contributed by atoms with van der Waals surface area (Å²) in [7, 11) is 0. The van der Waals surface area contributed by atoms with Crippen LogP contribution < -0.4 is 5.48 Å². The molecule has 2 rings (SSSR count). The van der Waals surface area contributed by atoms with Crippen LogP contribution in [0.15, 0.2) is 60.7 Å². The van der Waals surface area contributed by atoms with Gasteiger partial charge in [-0.2, -0.15) is 0 Å². The minimum absolute atomic E-state index is 0. The summed E-state index contributed by atoms with van der Waals surface area (Å²) in [5.41, 5.74) is 4.94.